The summed E-state index contributed by atoms with van der Waals surface area (Å²) in [5.74, 6) is -0.644. The molecule has 13 N–H and O–H groups in total. The van der Waals surface area contributed by atoms with Crippen molar-refractivity contribution in [3.05, 3.63) is 96.1 Å². The van der Waals surface area contributed by atoms with E-state index in [1.807, 2.05) is 0 Å². The maximum atomic E-state index is 12.8. The van der Waals surface area contributed by atoms with Crippen LogP contribution in [0.2, 0.25) is 0 Å². The van der Waals surface area contributed by atoms with Crippen LogP contribution in [0.15, 0.2) is 99.6 Å². The third-order valence-electron chi connectivity index (χ3n) is 9.61. The summed E-state index contributed by atoms with van der Waals surface area (Å²) in [4.78, 5) is 27.4. The Morgan fingerprint density at radius 3 is 1.15 bits per heavy atom. The zero-order chi connectivity index (χ0) is 52.2. The van der Waals surface area contributed by atoms with Crippen molar-refractivity contribution in [3.8, 4) is 0 Å². The molecule has 0 bridgehead atoms. The summed E-state index contributed by atoms with van der Waals surface area (Å²) in [6, 6.07) is 18.5. The highest BCUT2D eigenvalue weighted by Gasteiger charge is 2.21. The minimum atomic E-state index is -5.01. The van der Waals surface area contributed by atoms with Gasteiger partial charge in [-0.25, -0.2) is 13.6 Å². The summed E-state index contributed by atoms with van der Waals surface area (Å²) < 4.78 is 120. The first kappa shape index (κ1) is 54.3. The van der Waals surface area contributed by atoms with Crippen LogP contribution in [0.1, 0.15) is 11.1 Å². The summed E-state index contributed by atoms with van der Waals surface area (Å²) in [5, 5.41) is 55.3. The van der Waals surface area contributed by atoms with Crippen molar-refractivity contribution in [1.29, 1.82) is 0 Å². The van der Waals surface area contributed by atoms with Crippen LogP contribution in [0.5, 0.6) is 0 Å². The predicted octanol–water partition coefficient (Wildman–Crippen LogP) is 1.13. The Labute approximate surface area is 413 Å². The fourth-order valence-electron chi connectivity index (χ4n) is 6.43. The second kappa shape index (κ2) is 23.9. The third-order valence-corrected chi connectivity index (χ3v) is 12.8. The molecular weight excluding hydrogens is 1030 g/mol. The van der Waals surface area contributed by atoms with Gasteiger partial charge in [0.2, 0.25) is 45.7 Å². The van der Waals surface area contributed by atoms with Crippen LogP contribution in [-0.2, 0) is 41.5 Å². The standard InChI is InChI=1S/C40H46N14O14S4/c41-70(61,62)32-13-11-28(12-14-32)43-36-47-38(51-40(49-36)54(17-21-57)18-22-58)45-31-6-4-26(34(24-31)72(66,67)68)2-1-25-3-5-30(23-33(25)71(63,64)65)44-37-46-35(48-39(50-37)53(15-19-55)16-20-56)42-27-7-9-29(10-8-27)52-69(59)60/h1-14,23-24,52,55-58H,15-22H2,(H,59,60)(H2,41,61,62)(H,63,64,65)(H,66,67,68)(H2,42,44,46,48,50)(H2,43,45,47,49,51)/p-1. The molecule has 0 amide bonds. The molecule has 72 heavy (non-hydrogen) atoms. The van der Waals surface area contributed by atoms with Gasteiger partial charge in [-0.15, -0.1) is 0 Å². The average Bonchev–Trinajstić information content (AvgIpc) is 3.31. The second-order valence-corrected chi connectivity index (χ2v) is 19.7. The lowest BCUT2D eigenvalue weighted by atomic mass is 10.1. The number of anilines is 11. The van der Waals surface area contributed by atoms with Gasteiger partial charge in [0.25, 0.3) is 20.2 Å². The second-order valence-electron chi connectivity index (χ2n) is 14.7. The van der Waals surface area contributed by atoms with Gasteiger partial charge in [-0.05, 0) is 83.9 Å². The van der Waals surface area contributed by atoms with Crippen LogP contribution in [-0.4, -0.2) is 146 Å². The van der Waals surface area contributed by atoms with Crippen molar-refractivity contribution in [2.24, 2.45) is 5.14 Å². The summed E-state index contributed by atoms with van der Waals surface area (Å²) in [7, 11) is -14.0. The average molecular weight is 1070 g/mol. The quantitative estimate of drug-likeness (QED) is 0.0217. The Kier molecular flexibility index (Phi) is 18.0. The number of primary sulfonamides is 1. The van der Waals surface area contributed by atoms with E-state index < -0.39 is 51.3 Å². The van der Waals surface area contributed by atoms with Gasteiger partial charge in [-0.1, -0.05) is 24.3 Å². The van der Waals surface area contributed by atoms with Crippen LogP contribution in [0.3, 0.4) is 0 Å². The van der Waals surface area contributed by atoms with Gasteiger partial charge in [-0.2, -0.15) is 46.7 Å². The first-order valence-corrected chi connectivity index (χ1v) is 26.2. The van der Waals surface area contributed by atoms with Gasteiger partial charge in [0.05, 0.1) is 31.3 Å². The first-order valence-electron chi connectivity index (χ1n) is 20.7. The van der Waals surface area contributed by atoms with Crippen molar-refractivity contribution in [2.75, 3.05) is 88.4 Å². The Morgan fingerprint density at radius 2 is 0.833 bits per heavy atom. The molecular formula is C40H45N14O14S4-. The largest absolute Gasteiger partial charge is 0.755 e. The number of aromatic nitrogens is 6. The zero-order valence-corrected chi connectivity index (χ0v) is 40.4. The van der Waals surface area contributed by atoms with Gasteiger partial charge in [0.1, 0.15) is 9.79 Å². The van der Waals surface area contributed by atoms with Crippen molar-refractivity contribution in [3.63, 3.8) is 0 Å². The molecule has 0 aliphatic carbocycles. The number of hydrogen-bond acceptors (Lipinski definition) is 24. The smallest absolute Gasteiger partial charge is 0.295 e. The van der Waals surface area contributed by atoms with Gasteiger partial charge in [-0.3, -0.25) is 13.3 Å². The molecule has 0 radical (unpaired) electrons. The summed E-state index contributed by atoms with van der Waals surface area (Å²) in [6.45, 7) is -1.49. The number of benzene rings is 4. The Morgan fingerprint density at radius 1 is 0.514 bits per heavy atom. The van der Waals surface area contributed by atoms with Crippen molar-refractivity contribution < 1.29 is 63.5 Å². The van der Waals surface area contributed by atoms with Gasteiger partial charge in [0, 0.05) is 65.9 Å². The molecule has 2 heterocycles. The summed E-state index contributed by atoms with van der Waals surface area (Å²) in [5.41, 5.74) is 0.710. The van der Waals surface area contributed by atoms with Crippen LogP contribution < -0.4 is 40.9 Å². The summed E-state index contributed by atoms with van der Waals surface area (Å²) >= 11 is -2.56. The molecule has 0 aliphatic heterocycles. The van der Waals surface area contributed by atoms with Crippen LogP contribution in [0.25, 0.3) is 12.2 Å². The number of nitrogens with two attached hydrogens (primary N) is 1. The summed E-state index contributed by atoms with van der Waals surface area (Å²) in [6.07, 6.45) is 2.32. The highest BCUT2D eigenvalue weighted by molar-refractivity contribution is 7.89. The lowest BCUT2D eigenvalue weighted by Gasteiger charge is -2.21. The predicted molar refractivity (Wildman–Crippen MR) is 264 cm³/mol. The van der Waals surface area contributed by atoms with Gasteiger partial charge < -0.3 is 60.8 Å². The van der Waals surface area contributed by atoms with Crippen LogP contribution in [0, 0.1) is 0 Å². The molecule has 6 aromatic rings. The molecule has 1 atom stereocenters. The topological polar surface area (TPSA) is 434 Å². The molecule has 0 spiro atoms. The number of aliphatic hydroxyl groups is 4. The fourth-order valence-corrected chi connectivity index (χ4v) is 8.69. The molecule has 0 aliphatic rings. The van der Waals surface area contributed by atoms with E-state index in [1.165, 1.54) is 82.6 Å². The fraction of sp³-hybridized carbons (Fsp3) is 0.200. The van der Waals surface area contributed by atoms with E-state index in [2.05, 4.69) is 55.9 Å². The van der Waals surface area contributed by atoms with Crippen molar-refractivity contribution >= 4 is 118 Å². The molecule has 0 saturated carbocycles. The number of rotatable bonds is 25. The molecule has 0 fully saturated rings. The molecule has 6 rings (SSSR count). The minimum absolute atomic E-state index is 0.00536. The maximum Gasteiger partial charge on any atom is 0.295 e. The monoisotopic (exact) mass is 1070 g/mol. The number of aliphatic hydroxyl groups excluding tert-OH is 4. The van der Waals surface area contributed by atoms with Gasteiger partial charge in [0.15, 0.2) is 0 Å². The van der Waals surface area contributed by atoms with Crippen molar-refractivity contribution in [1.82, 2.24) is 29.9 Å². The van der Waals surface area contributed by atoms with E-state index in [-0.39, 0.29) is 121 Å². The lowest BCUT2D eigenvalue weighted by molar-refractivity contribution is 0.279. The molecule has 32 heteroatoms. The molecule has 0 saturated heterocycles. The van der Waals surface area contributed by atoms with E-state index in [4.69, 9.17) is 5.14 Å². The van der Waals surface area contributed by atoms with E-state index in [9.17, 15) is 63.5 Å². The molecule has 1 unspecified atom stereocenters. The number of nitrogens with one attached hydrogen (secondary N) is 5. The maximum absolute atomic E-state index is 12.8. The Hall–Kier alpha value is -7.08. The first-order chi connectivity index (χ1) is 34.1. The zero-order valence-electron chi connectivity index (χ0n) is 37.1. The normalized spacial score (nSPS) is 12.3. The van der Waals surface area contributed by atoms with E-state index in [1.54, 1.807) is 0 Å². The number of sulfonamides is 1. The SMILES string of the molecule is NS(=O)(=O)c1ccc(Nc2nc(Nc3ccc(C=Cc4ccc(Nc5nc(Nc6ccc(NS(=O)[O-])cc6)nc(N(CCO)CCO)n5)cc4S(=O)(=O)O)c(S(=O)(=O)O)c3)nc(N(CCO)CCO)n2)cc1. The van der Waals surface area contributed by atoms with E-state index in [0.717, 1.165) is 24.3 Å². The van der Waals surface area contributed by atoms with E-state index in [0.29, 0.717) is 11.4 Å². The lowest BCUT2D eigenvalue weighted by Crippen LogP contribution is -2.31. The molecule has 384 valence electrons. The highest BCUT2D eigenvalue weighted by atomic mass is 32.2. The number of hydrogen-bond donors (Lipinski definition) is 12. The van der Waals surface area contributed by atoms with Crippen LogP contribution in [0.4, 0.5) is 64.1 Å². The molecule has 28 nitrogen and oxygen atoms in total. The minimum Gasteiger partial charge on any atom is -0.755 e. The van der Waals surface area contributed by atoms with Gasteiger partial charge >= 0.3 is 0 Å². The number of nitrogens with zero attached hydrogens (tertiary/aromatic N) is 8. The van der Waals surface area contributed by atoms with Crippen LogP contribution >= 0.6 is 0 Å². The highest BCUT2D eigenvalue weighted by Crippen LogP contribution is 2.30. The Bertz CT molecular complexity index is 3260. The van der Waals surface area contributed by atoms with E-state index >= 15 is 0 Å². The third kappa shape index (κ3) is 15.2. The molecule has 4 aromatic carbocycles. The molecule has 2 aromatic heterocycles. The van der Waals surface area contributed by atoms with Crippen molar-refractivity contribution in [2.45, 2.75) is 14.7 Å². The Balaban J connectivity index is 1.30.